The van der Waals surface area contributed by atoms with Gasteiger partial charge in [-0.3, -0.25) is 9.69 Å². The summed E-state index contributed by atoms with van der Waals surface area (Å²) in [6.45, 7) is 3.82. The number of carbonyl (C=O) groups excluding carboxylic acids is 1. The Bertz CT molecular complexity index is 416. The van der Waals surface area contributed by atoms with E-state index in [2.05, 4.69) is 19.1 Å². The number of nitrogens with two attached hydrogens (primary N) is 1. The molecule has 0 bridgehead atoms. The van der Waals surface area contributed by atoms with E-state index in [1.807, 2.05) is 29.0 Å². The van der Waals surface area contributed by atoms with Gasteiger partial charge < -0.3 is 10.6 Å². The molecule has 1 unspecified atom stereocenters. The molecule has 98 valence electrons. The third-order valence-corrected chi connectivity index (χ3v) is 3.63. The van der Waals surface area contributed by atoms with Crippen molar-refractivity contribution in [1.29, 1.82) is 0 Å². The Morgan fingerprint density at radius 3 is 2.56 bits per heavy atom. The minimum Gasteiger partial charge on any atom is -0.329 e. The molecule has 1 aliphatic heterocycles. The van der Waals surface area contributed by atoms with Crippen LogP contribution in [0.3, 0.4) is 0 Å². The lowest BCUT2D eigenvalue weighted by molar-refractivity contribution is -0.121. The largest absolute Gasteiger partial charge is 0.329 e. The standard InChI is InChI=1S/C14H21N3O/c1-3-11-4-6-12(7-5-11)17-9-13(8-15)16(2)10-14(17)18/h4-7,13H,3,8-10,15H2,1-2H3. The first-order chi connectivity index (χ1) is 8.65. The van der Waals surface area contributed by atoms with Gasteiger partial charge in [-0.05, 0) is 31.2 Å². The molecule has 1 amide bonds. The third-order valence-electron chi connectivity index (χ3n) is 3.63. The van der Waals surface area contributed by atoms with Crippen LogP contribution in [0, 0.1) is 0 Å². The lowest BCUT2D eigenvalue weighted by Crippen LogP contribution is -2.57. The Morgan fingerprint density at radius 1 is 1.33 bits per heavy atom. The first-order valence-electron chi connectivity index (χ1n) is 6.45. The van der Waals surface area contributed by atoms with Crippen LogP contribution in [0.5, 0.6) is 0 Å². The van der Waals surface area contributed by atoms with E-state index in [1.54, 1.807) is 0 Å². The van der Waals surface area contributed by atoms with E-state index in [0.29, 0.717) is 19.6 Å². The predicted molar refractivity (Wildman–Crippen MR) is 73.6 cm³/mol. The molecule has 0 aromatic heterocycles. The second-order valence-corrected chi connectivity index (χ2v) is 4.83. The summed E-state index contributed by atoms with van der Waals surface area (Å²) < 4.78 is 0. The molecular formula is C14H21N3O. The smallest absolute Gasteiger partial charge is 0.241 e. The number of hydrogen-bond donors (Lipinski definition) is 1. The highest BCUT2D eigenvalue weighted by Gasteiger charge is 2.29. The highest BCUT2D eigenvalue weighted by atomic mass is 16.2. The molecule has 1 atom stereocenters. The molecule has 2 rings (SSSR count). The van der Waals surface area contributed by atoms with Crippen LogP contribution >= 0.6 is 0 Å². The van der Waals surface area contributed by atoms with Crippen molar-refractivity contribution in [3.05, 3.63) is 29.8 Å². The van der Waals surface area contributed by atoms with Crippen molar-refractivity contribution < 1.29 is 4.79 Å². The van der Waals surface area contributed by atoms with Gasteiger partial charge in [-0.1, -0.05) is 19.1 Å². The number of hydrogen-bond acceptors (Lipinski definition) is 3. The van der Waals surface area contributed by atoms with E-state index < -0.39 is 0 Å². The number of aryl methyl sites for hydroxylation is 1. The molecule has 1 aromatic carbocycles. The van der Waals surface area contributed by atoms with Crippen molar-refractivity contribution in [3.8, 4) is 0 Å². The third kappa shape index (κ3) is 2.54. The Kier molecular flexibility index (Phi) is 3.99. The van der Waals surface area contributed by atoms with Gasteiger partial charge in [0, 0.05) is 24.8 Å². The van der Waals surface area contributed by atoms with Crippen LogP contribution in [0.2, 0.25) is 0 Å². The number of amides is 1. The minimum absolute atomic E-state index is 0.145. The van der Waals surface area contributed by atoms with Gasteiger partial charge in [0.25, 0.3) is 0 Å². The lowest BCUT2D eigenvalue weighted by atomic mass is 10.1. The first-order valence-corrected chi connectivity index (χ1v) is 6.45. The number of benzene rings is 1. The summed E-state index contributed by atoms with van der Waals surface area (Å²) in [6.07, 6.45) is 1.02. The molecule has 4 nitrogen and oxygen atoms in total. The van der Waals surface area contributed by atoms with Crippen LogP contribution in [0.25, 0.3) is 0 Å². The number of nitrogens with zero attached hydrogens (tertiary/aromatic N) is 2. The maximum absolute atomic E-state index is 12.1. The molecule has 1 heterocycles. The Balaban J connectivity index is 2.17. The molecule has 4 heteroatoms. The first kappa shape index (κ1) is 13.1. The molecule has 0 saturated carbocycles. The van der Waals surface area contributed by atoms with E-state index in [4.69, 9.17) is 5.73 Å². The molecule has 1 saturated heterocycles. The second-order valence-electron chi connectivity index (χ2n) is 4.83. The Morgan fingerprint density at radius 2 is 2.00 bits per heavy atom. The summed E-state index contributed by atoms with van der Waals surface area (Å²) in [4.78, 5) is 15.9. The fourth-order valence-corrected chi connectivity index (χ4v) is 2.30. The van der Waals surface area contributed by atoms with Crippen LogP contribution in [0.15, 0.2) is 24.3 Å². The van der Waals surface area contributed by atoms with Gasteiger partial charge in [0.2, 0.25) is 5.91 Å². The molecule has 0 aliphatic carbocycles. The number of anilines is 1. The van der Waals surface area contributed by atoms with Crippen molar-refractivity contribution in [2.75, 3.05) is 31.6 Å². The van der Waals surface area contributed by atoms with Gasteiger partial charge in [-0.2, -0.15) is 0 Å². The zero-order valence-electron chi connectivity index (χ0n) is 11.1. The normalized spacial score (nSPS) is 21.4. The number of carbonyl (C=O) groups is 1. The van der Waals surface area contributed by atoms with Crippen LogP contribution in [0.1, 0.15) is 12.5 Å². The summed E-state index contributed by atoms with van der Waals surface area (Å²) in [7, 11) is 1.95. The van der Waals surface area contributed by atoms with Gasteiger partial charge in [0.05, 0.1) is 6.54 Å². The van der Waals surface area contributed by atoms with Crippen molar-refractivity contribution >= 4 is 11.6 Å². The zero-order chi connectivity index (χ0) is 13.1. The predicted octanol–water partition coefficient (Wildman–Crippen LogP) is 0.855. The molecule has 0 radical (unpaired) electrons. The fraction of sp³-hybridized carbons (Fsp3) is 0.500. The Labute approximate surface area is 108 Å². The van der Waals surface area contributed by atoms with Crippen LogP contribution in [-0.2, 0) is 11.2 Å². The molecule has 0 spiro atoms. The van der Waals surface area contributed by atoms with Crippen molar-refractivity contribution in [2.24, 2.45) is 5.73 Å². The molecular weight excluding hydrogens is 226 g/mol. The summed E-state index contributed by atoms with van der Waals surface area (Å²) in [5, 5.41) is 0. The van der Waals surface area contributed by atoms with Gasteiger partial charge in [-0.25, -0.2) is 0 Å². The van der Waals surface area contributed by atoms with Crippen molar-refractivity contribution in [1.82, 2.24) is 4.90 Å². The Hall–Kier alpha value is -1.39. The zero-order valence-corrected chi connectivity index (χ0v) is 11.1. The maximum atomic E-state index is 12.1. The van der Waals surface area contributed by atoms with Crippen molar-refractivity contribution in [2.45, 2.75) is 19.4 Å². The fourth-order valence-electron chi connectivity index (χ4n) is 2.30. The monoisotopic (exact) mass is 247 g/mol. The van der Waals surface area contributed by atoms with E-state index in [9.17, 15) is 4.79 Å². The van der Waals surface area contributed by atoms with E-state index in [0.717, 1.165) is 12.1 Å². The van der Waals surface area contributed by atoms with Gasteiger partial charge in [0.1, 0.15) is 0 Å². The number of piperazine rings is 1. The molecule has 1 fully saturated rings. The van der Waals surface area contributed by atoms with Gasteiger partial charge >= 0.3 is 0 Å². The highest BCUT2D eigenvalue weighted by molar-refractivity contribution is 5.95. The lowest BCUT2D eigenvalue weighted by Gasteiger charge is -2.38. The SMILES string of the molecule is CCc1ccc(N2CC(CN)N(C)CC2=O)cc1. The van der Waals surface area contributed by atoms with Crippen LogP contribution in [-0.4, -0.2) is 43.5 Å². The number of rotatable bonds is 3. The van der Waals surface area contributed by atoms with E-state index >= 15 is 0 Å². The minimum atomic E-state index is 0.145. The molecule has 1 aromatic rings. The van der Waals surface area contributed by atoms with Crippen LogP contribution < -0.4 is 10.6 Å². The van der Waals surface area contributed by atoms with Crippen molar-refractivity contribution in [3.63, 3.8) is 0 Å². The summed E-state index contributed by atoms with van der Waals surface area (Å²) >= 11 is 0. The quantitative estimate of drug-likeness (QED) is 0.861. The van der Waals surface area contributed by atoms with E-state index in [-0.39, 0.29) is 11.9 Å². The summed E-state index contributed by atoms with van der Waals surface area (Å²) in [6, 6.07) is 8.45. The summed E-state index contributed by atoms with van der Waals surface area (Å²) in [5.41, 5.74) is 8.01. The second kappa shape index (κ2) is 5.50. The maximum Gasteiger partial charge on any atom is 0.241 e. The van der Waals surface area contributed by atoms with E-state index in [1.165, 1.54) is 5.56 Å². The molecule has 1 aliphatic rings. The average Bonchev–Trinajstić information content (AvgIpc) is 2.39. The topological polar surface area (TPSA) is 49.6 Å². The molecule has 18 heavy (non-hydrogen) atoms. The van der Waals surface area contributed by atoms with Gasteiger partial charge in [-0.15, -0.1) is 0 Å². The molecule has 2 N–H and O–H groups in total. The van der Waals surface area contributed by atoms with Gasteiger partial charge in [0.15, 0.2) is 0 Å². The highest BCUT2D eigenvalue weighted by Crippen LogP contribution is 2.20. The average molecular weight is 247 g/mol. The number of likely N-dealkylation sites (N-methyl/N-ethyl adjacent to an activating group) is 1. The summed E-state index contributed by atoms with van der Waals surface area (Å²) in [5.74, 6) is 0.145. The van der Waals surface area contributed by atoms with Crippen LogP contribution in [0.4, 0.5) is 5.69 Å².